The summed E-state index contributed by atoms with van der Waals surface area (Å²) < 4.78 is 4.73. The average molecular weight is 237 g/mol. The molecule has 0 bridgehead atoms. The molecule has 0 rings (SSSR count). The molecule has 0 radical (unpaired) electrons. The van der Waals surface area contributed by atoms with Crippen molar-refractivity contribution >= 4 is 24.0 Å². The zero-order valence-corrected chi connectivity index (χ0v) is 11.2. The number of rotatable bonds is 5. The lowest BCUT2D eigenvalue weighted by Gasteiger charge is -2.22. The van der Waals surface area contributed by atoms with Crippen LogP contribution in [-0.2, 0) is 21.3 Å². The number of ether oxygens (including phenoxy) is 1. The first-order chi connectivity index (χ1) is 6.26. The second-order valence-electron chi connectivity index (χ2n) is 4.19. The largest absolute Gasteiger partial charge is 0.468 e. The molecule has 1 unspecified atom stereocenters. The van der Waals surface area contributed by atoms with Crippen molar-refractivity contribution in [3.05, 3.63) is 0 Å². The zero-order valence-electron chi connectivity index (χ0n) is 9.53. The maximum atomic E-state index is 11.4. The van der Waals surface area contributed by atoms with Gasteiger partial charge in [0.1, 0.15) is 6.04 Å². The molecule has 5 heteroatoms. The van der Waals surface area contributed by atoms with Gasteiger partial charge in [-0.25, -0.2) is 0 Å². The lowest BCUT2D eigenvalue weighted by Crippen LogP contribution is -2.36. The SMILES string of the molecule is COC(=O)C(CC(C)C)NP(C)(C)=S. The van der Waals surface area contributed by atoms with Gasteiger partial charge in [-0.05, 0) is 25.7 Å². The molecule has 14 heavy (non-hydrogen) atoms. The van der Waals surface area contributed by atoms with Crippen molar-refractivity contribution in [3.63, 3.8) is 0 Å². The molecule has 0 aromatic heterocycles. The minimum absolute atomic E-state index is 0.211. The third kappa shape index (κ3) is 6.52. The molecule has 0 spiro atoms. The number of carbonyl (C=O) groups is 1. The van der Waals surface area contributed by atoms with Crippen LogP contribution in [-0.4, -0.2) is 32.5 Å². The molecular weight excluding hydrogens is 217 g/mol. The van der Waals surface area contributed by atoms with Crippen LogP contribution in [0.4, 0.5) is 0 Å². The molecular formula is C9H20NO2PS. The molecule has 0 saturated carbocycles. The fourth-order valence-electron chi connectivity index (χ4n) is 1.19. The van der Waals surface area contributed by atoms with E-state index in [4.69, 9.17) is 16.5 Å². The van der Waals surface area contributed by atoms with E-state index in [9.17, 15) is 4.79 Å². The van der Waals surface area contributed by atoms with Gasteiger partial charge in [0.15, 0.2) is 0 Å². The summed E-state index contributed by atoms with van der Waals surface area (Å²) in [6, 6.07) is -0.249. The van der Waals surface area contributed by atoms with Crippen LogP contribution in [0, 0.1) is 5.92 Å². The highest BCUT2D eigenvalue weighted by molar-refractivity contribution is 8.13. The minimum atomic E-state index is -1.56. The predicted molar refractivity (Wildman–Crippen MR) is 64.5 cm³/mol. The number of hydrogen-bond donors (Lipinski definition) is 1. The van der Waals surface area contributed by atoms with E-state index in [1.54, 1.807) is 0 Å². The summed E-state index contributed by atoms with van der Waals surface area (Å²) in [4.78, 5) is 11.4. The highest BCUT2D eigenvalue weighted by Gasteiger charge is 2.22. The van der Waals surface area contributed by atoms with E-state index in [0.29, 0.717) is 5.92 Å². The molecule has 0 aromatic rings. The summed E-state index contributed by atoms with van der Waals surface area (Å²) in [6.45, 7) is 8.09. The highest BCUT2D eigenvalue weighted by Crippen LogP contribution is 2.32. The van der Waals surface area contributed by atoms with Crippen LogP contribution in [0.15, 0.2) is 0 Å². The second-order valence-corrected chi connectivity index (χ2v) is 9.88. The van der Waals surface area contributed by atoms with Crippen molar-refractivity contribution in [3.8, 4) is 0 Å². The zero-order chi connectivity index (χ0) is 11.4. The van der Waals surface area contributed by atoms with Gasteiger partial charge in [0.2, 0.25) is 0 Å². The Labute approximate surface area is 91.7 Å². The Hall–Kier alpha value is 0.0800. The standard InChI is InChI=1S/C9H20NO2PS/c1-7(2)6-8(9(11)12-3)10-13(4,5)14/h7-8H,6H2,1-5H3,(H,10,14). The third-order valence-electron chi connectivity index (χ3n) is 1.66. The third-order valence-corrected chi connectivity index (χ3v) is 2.91. The molecule has 0 amide bonds. The van der Waals surface area contributed by atoms with Crippen molar-refractivity contribution in [2.24, 2.45) is 5.92 Å². The number of carbonyl (C=O) groups excluding carboxylic acids is 1. The van der Waals surface area contributed by atoms with Crippen LogP contribution < -0.4 is 5.09 Å². The molecule has 0 aliphatic rings. The van der Waals surface area contributed by atoms with E-state index in [1.807, 2.05) is 13.3 Å². The lowest BCUT2D eigenvalue weighted by molar-refractivity contribution is -0.143. The first-order valence-electron chi connectivity index (χ1n) is 4.67. The predicted octanol–water partition coefficient (Wildman–Crippen LogP) is 1.82. The summed E-state index contributed by atoms with van der Waals surface area (Å²) in [5.74, 6) is 0.241. The Kier molecular flexibility index (Phi) is 5.87. The smallest absolute Gasteiger partial charge is 0.323 e. The Bertz CT molecular complexity index is 237. The lowest BCUT2D eigenvalue weighted by atomic mass is 10.1. The molecule has 0 aliphatic heterocycles. The van der Waals surface area contributed by atoms with Crippen LogP contribution in [0.25, 0.3) is 0 Å². The summed E-state index contributed by atoms with van der Waals surface area (Å²) in [5, 5.41) is 3.19. The van der Waals surface area contributed by atoms with Crippen LogP contribution in [0.3, 0.4) is 0 Å². The maximum Gasteiger partial charge on any atom is 0.323 e. The first kappa shape index (κ1) is 14.1. The van der Waals surface area contributed by atoms with Gasteiger partial charge in [0.05, 0.1) is 7.11 Å². The number of nitrogens with one attached hydrogen (secondary N) is 1. The highest BCUT2D eigenvalue weighted by atomic mass is 32.4. The van der Waals surface area contributed by atoms with Crippen molar-refractivity contribution in [1.82, 2.24) is 5.09 Å². The van der Waals surface area contributed by atoms with Gasteiger partial charge in [-0.15, -0.1) is 0 Å². The summed E-state index contributed by atoms with van der Waals surface area (Å²) in [6.07, 6.45) is -0.792. The average Bonchev–Trinajstić information content (AvgIpc) is 1.98. The number of esters is 1. The molecule has 1 N–H and O–H groups in total. The normalized spacial score (nSPS) is 14.1. The molecule has 84 valence electrons. The van der Waals surface area contributed by atoms with Crippen LogP contribution in [0.2, 0.25) is 0 Å². The quantitative estimate of drug-likeness (QED) is 0.584. The molecule has 0 aromatic carbocycles. The van der Waals surface area contributed by atoms with Crippen molar-refractivity contribution in [1.29, 1.82) is 0 Å². The van der Waals surface area contributed by atoms with E-state index in [1.165, 1.54) is 7.11 Å². The molecule has 0 aliphatic carbocycles. The van der Waals surface area contributed by atoms with Gasteiger partial charge in [-0.1, -0.05) is 25.7 Å². The number of methoxy groups -OCH3 is 1. The van der Waals surface area contributed by atoms with Gasteiger partial charge >= 0.3 is 5.97 Å². The van der Waals surface area contributed by atoms with E-state index in [0.717, 1.165) is 6.42 Å². The van der Waals surface area contributed by atoms with Gasteiger partial charge in [0, 0.05) is 6.19 Å². The number of hydrogen-bond acceptors (Lipinski definition) is 3. The Morgan fingerprint density at radius 2 is 2.00 bits per heavy atom. The van der Waals surface area contributed by atoms with Gasteiger partial charge in [-0.2, -0.15) is 0 Å². The van der Waals surface area contributed by atoms with E-state index < -0.39 is 6.19 Å². The Morgan fingerprint density at radius 3 is 2.29 bits per heavy atom. The second kappa shape index (κ2) is 5.84. The van der Waals surface area contributed by atoms with E-state index >= 15 is 0 Å². The first-order valence-corrected chi connectivity index (χ1v) is 8.36. The Morgan fingerprint density at radius 1 is 1.50 bits per heavy atom. The van der Waals surface area contributed by atoms with Crippen molar-refractivity contribution in [2.45, 2.75) is 26.3 Å². The van der Waals surface area contributed by atoms with Gasteiger partial charge in [-0.3, -0.25) is 9.88 Å². The van der Waals surface area contributed by atoms with Gasteiger partial charge < -0.3 is 4.74 Å². The van der Waals surface area contributed by atoms with Crippen molar-refractivity contribution in [2.75, 3.05) is 20.4 Å². The fourth-order valence-corrected chi connectivity index (χ4v) is 2.53. The molecule has 0 saturated heterocycles. The monoisotopic (exact) mass is 237 g/mol. The molecule has 0 fully saturated rings. The summed E-state index contributed by atoms with van der Waals surface area (Å²) >= 11 is 5.27. The van der Waals surface area contributed by atoms with Crippen molar-refractivity contribution < 1.29 is 9.53 Å². The van der Waals surface area contributed by atoms with Gasteiger partial charge in [0.25, 0.3) is 0 Å². The Balaban J connectivity index is 4.40. The fraction of sp³-hybridized carbons (Fsp3) is 0.889. The summed E-state index contributed by atoms with van der Waals surface area (Å²) in [7, 11) is 1.41. The molecule has 0 heterocycles. The van der Waals surface area contributed by atoms with E-state index in [-0.39, 0.29) is 12.0 Å². The van der Waals surface area contributed by atoms with Crippen LogP contribution >= 0.6 is 6.19 Å². The molecule has 3 nitrogen and oxygen atoms in total. The minimum Gasteiger partial charge on any atom is -0.468 e. The van der Waals surface area contributed by atoms with E-state index in [2.05, 4.69) is 18.9 Å². The summed E-state index contributed by atoms with van der Waals surface area (Å²) in [5.41, 5.74) is 0. The molecule has 1 atom stereocenters. The topological polar surface area (TPSA) is 38.3 Å². The van der Waals surface area contributed by atoms with Crippen LogP contribution in [0.5, 0.6) is 0 Å². The maximum absolute atomic E-state index is 11.4. The van der Waals surface area contributed by atoms with Crippen LogP contribution in [0.1, 0.15) is 20.3 Å².